The Kier molecular flexibility index (Phi) is 3.58. The zero-order valence-corrected chi connectivity index (χ0v) is 11.9. The Bertz CT molecular complexity index is 889. The average Bonchev–Trinajstić information content (AvgIpc) is 2.71. The quantitative estimate of drug-likeness (QED) is 0.780. The Hall–Kier alpha value is -2.40. The highest BCUT2D eigenvalue weighted by Crippen LogP contribution is 2.32. The van der Waals surface area contributed by atoms with Gasteiger partial charge in [-0.2, -0.15) is 0 Å². The first-order valence-electron chi connectivity index (χ1n) is 6.42. The second-order valence-corrected chi connectivity index (χ2v) is 5.22. The van der Waals surface area contributed by atoms with E-state index in [1.165, 1.54) is 41.0 Å². The molecule has 1 heterocycles. The van der Waals surface area contributed by atoms with Crippen molar-refractivity contribution in [2.75, 3.05) is 0 Å². The van der Waals surface area contributed by atoms with Gasteiger partial charge in [-0.05, 0) is 35.9 Å². The minimum atomic E-state index is -1.22. The summed E-state index contributed by atoms with van der Waals surface area (Å²) in [6.07, 6.45) is 0. The molecule has 0 aliphatic carbocycles. The molecule has 0 amide bonds. The second-order valence-electron chi connectivity index (χ2n) is 4.85. The number of benzene rings is 2. The number of aromatic carboxylic acids is 1. The van der Waals surface area contributed by atoms with E-state index in [1.54, 1.807) is 6.07 Å². The number of nitrogens with zero attached hydrogens (tertiary/aromatic N) is 1. The van der Waals surface area contributed by atoms with Crippen LogP contribution < -0.4 is 0 Å². The maximum atomic E-state index is 13.4. The van der Waals surface area contributed by atoms with E-state index in [0.29, 0.717) is 16.5 Å². The number of carbonyl (C=O) groups is 1. The first-order chi connectivity index (χ1) is 10.5. The summed E-state index contributed by atoms with van der Waals surface area (Å²) in [7, 11) is 0. The molecule has 0 atom stereocenters. The monoisotopic (exact) mass is 321 g/mol. The summed E-state index contributed by atoms with van der Waals surface area (Å²) in [6.45, 7) is 0.119. The molecular formula is C16H10ClF2NO2. The molecule has 3 nitrogen and oxygen atoms in total. The van der Waals surface area contributed by atoms with Gasteiger partial charge in [-0.1, -0.05) is 23.7 Å². The highest BCUT2D eigenvalue weighted by atomic mass is 35.5. The number of halogens is 3. The van der Waals surface area contributed by atoms with E-state index in [4.69, 9.17) is 11.6 Å². The van der Waals surface area contributed by atoms with Crippen LogP contribution in [0.4, 0.5) is 8.78 Å². The van der Waals surface area contributed by atoms with Gasteiger partial charge in [0.1, 0.15) is 17.3 Å². The van der Waals surface area contributed by atoms with Gasteiger partial charge in [-0.25, -0.2) is 13.6 Å². The molecule has 3 rings (SSSR count). The van der Waals surface area contributed by atoms with Crippen molar-refractivity contribution in [1.82, 2.24) is 4.57 Å². The molecule has 0 saturated heterocycles. The van der Waals surface area contributed by atoms with Gasteiger partial charge in [0.25, 0.3) is 0 Å². The van der Waals surface area contributed by atoms with Crippen LogP contribution >= 0.6 is 11.6 Å². The third-order valence-electron chi connectivity index (χ3n) is 3.40. The predicted octanol–water partition coefficient (Wildman–Crippen LogP) is 4.32. The lowest BCUT2D eigenvalue weighted by atomic mass is 10.2. The number of carboxylic acid groups (broad SMARTS) is 1. The topological polar surface area (TPSA) is 42.2 Å². The zero-order chi connectivity index (χ0) is 15.9. The van der Waals surface area contributed by atoms with Gasteiger partial charge in [0.2, 0.25) is 0 Å². The van der Waals surface area contributed by atoms with Gasteiger partial charge in [0, 0.05) is 11.9 Å². The molecule has 0 saturated carbocycles. The zero-order valence-electron chi connectivity index (χ0n) is 11.2. The Morgan fingerprint density at radius 3 is 2.55 bits per heavy atom. The SMILES string of the molecule is O=C(O)c1c(Cl)c2cc(F)ccc2n1Cc1cccc(F)c1. The van der Waals surface area contributed by atoms with Crippen LogP contribution in [0.1, 0.15) is 16.1 Å². The molecule has 0 aliphatic heterocycles. The van der Waals surface area contributed by atoms with Crippen molar-refractivity contribution in [1.29, 1.82) is 0 Å². The molecule has 0 bridgehead atoms. The average molecular weight is 322 g/mol. The molecule has 112 valence electrons. The minimum absolute atomic E-state index is 0.0293. The van der Waals surface area contributed by atoms with Crippen molar-refractivity contribution in [2.24, 2.45) is 0 Å². The van der Waals surface area contributed by atoms with Gasteiger partial charge in [-0.3, -0.25) is 0 Å². The van der Waals surface area contributed by atoms with Crippen LogP contribution in [0.3, 0.4) is 0 Å². The lowest BCUT2D eigenvalue weighted by Crippen LogP contribution is -2.10. The summed E-state index contributed by atoms with van der Waals surface area (Å²) in [6, 6.07) is 9.71. The largest absolute Gasteiger partial charge is 0.477 e. The lowest BCUT2D eigenvalue weighted by molar-refractivity contribution is 0.0686. The minimum Gasteiger partial charge on any atom is -0.477 e. The first kappa shape index (κ1) is 14.5. The van der Waals surface area contributed by atoms with E-state index in [2.05, 4.69) is 0 Å². The summed E-state index contributed by atoms with van der Waals surface area (Å²) >= 11 is 6.08. The summed E-state index contributed by atoms with van der Waals surface area (Å²) < 4.78 is 28.1. The van der Waals surface area contributed by atoms with Gasteiger partial charge in [0.05, 0.1) is 10.5 Å². The molecule has 1 aromatic heterocycles. The Balaban J connectivity index is 2.23. The van der Waals surface area contributed by atoms with Crippen LogP contribution in [0.5, 0.6) is 0 Å². The molecule has 0 unspecified atom stereocenters. The molecular weight excluding hydrogens is 312 g/mol. The summed E-state index contributed by atoms with van der Waals surface area (Å²) in [5.41, 5.74) is 0.917. The van der Waals surface area contributed by atoms with Gasteiger partial charge < -0.3 is 9.67 Å². The summed E-state index contributed by atoms with van der Waals surface area (Å²) in [5.74, 6) is -2.14. The van der Waals surface area contributed by atoms with Crippen molar-refractivity contribution >= 4 is 28.5 Å². The normalized spacial score (nSPS) is 11.0. The van der Waals surface area contributed by atoms with Crippen LogP contribution in [0.25, 0.3) is 10.9 Å². The van der Waals surface area contributed by atoms with Crippen LogP contribution in [0.15, 0.2) is 42.5 Å². The van der Waals surface area contributed by atoms with E-state index in [1.807, 2.05) is 0 Å². The smallest absolute Gasteiger partial charge is 0.354 e. The molecule has 6 heteroatoms. The molecule has 0 radical (unpaired) electrons. The van der Waals surface area contributed by atoms with Crippen molar-refractivity contribution in [3.8, 4) is 0 Å². The summed E-state index contributed by atoms with van der Waals surface area (Å²) in [5, 5.41) is 9.66. The molecule has 0 aliphatic rings. The predicted molar refractivity (Wildman–Crippen MR) is 79.4 cm³/mol. The molecule has 0 fully saturated rings. The summed E-state index contributed by atoms with van der Waals surface area (Å²) in [4.78, 5) is 11.5. The van der Waals surface area contributed by atoms with Gasteiger partial charge in [-0.15, -0.1) is 0 Å². The van der Waals surface area contributed by atoms with Crippen LogP contribution in [0.2, 0.25) is 5.02 Å². The standard InChI is InChI=1S/C16H10ClF2NO2/c17-14-12-7-11(19)4-5-13(12)20(15(14)16(21)22)8-9-2-1-3-10(18)6-9/h1-7H,8H2,(H,21,22). The number of carboxylic acids is 1. The number of rotatable bonds is 3. The highest BCUT2D eigenvalue weighted by molar-refractivity contribution is 6.38. The molecule has 2 aromatic carbocycles. The van der Waals surface area contributed by atoms with Crippen LogP contribution in [0, 0.1) is 11.6 Å². The van der Waals surface area contributed by atoms with Crippen molar-refractivity contribution in [3.05, 3.63) is 70.4 Å². The van der Waals surface area contributed by atoms with E-state index >= 15 is 0 Å². The Labute approximate surface area is 129 Å². The Morgan fingerprint density at radius 2 is 1.86 bits per heavy atom. The van der Waals surface area contributed by atoms with Crippen LogP contribution in [-0.4, -0.2) is 15.6 Å². The van der Waals surface area contributed by atoms with Crippen molar-refractivity contribution in [2.45, 2.75) is 6.54 Å². The third-order valence-corrected chi connectivity index (χ3v) is 3.78. The Morgan fingerprint density at radius 1 is 1.14 bits per heavy atom. The maximum absolute atomic E-state index is 13.4. The fourth-order valence-electron chi connectivity index (χ4n) is 2.48. The fourth-order valence-corrected chi connectivity index (χ4v) is 2.81. The van der Waals surface area contributed by atoms with E-state index in [-0.39, 0.29) is 17.3 Å². The van der Waals surface area contributed by atoms with Gasteiger partial charge in [0.15, 0.2) is 0 Å². The number of aromatic nitrogens is 1. The first-order valence-corrected chi connectivity index (χ1v) is 6.80. The second kappa shape index (κ2) is 5.42. The van der Waals surface area contributed by atoms with Crippen LogP contribution in [-0.2, 0) is 6.54 Å². The van der Waals surface area contributed by atoms with Crippen molar-refractivity contribution < 1.29 is 18.7 Å². The molecule has 22 heavy (non-hydrogen) atoms. The maximum Gasteiger partial charge on any atom is 0.354 e. The number of hydrogen-bond acceptors (Lipinski definition) is 1. The van der Waals surface area contributed by atoms with E-state index < -0.39 is 17.6 Å². The third kappa shape index (κ3) is 2.44. The number of hydrogen-bond donors (Lipinski definition) is 1. The lowest BCUT2D eigenvalue weighted by Gasteiger charge is -2.08. The molecule has 1 N–H and O–H groups in total. The molecule has 3 aromatic rings. The van der Waals surface area contributed by atoms with Crippen molar-refractivity contribution in [3.63, 3.8) is 0 Å². The van der Waals surface area contributed by atoms with E-state index in [9.17, 15) is 18.7 Å². The highest BCUT2D eigenvalue weighted by Gasteiger charge is 2.21. The van der Waals surface area contributed by atoms with E-state index in [0.717, 1.165) is 0 Å². The fraction of sp³-hybridized carbons (Fsp3) is 0.0625. The van der Waals surface area contributed by atoms with Gasteiger partial charge >= 0.3 is 5.97 Å². The number of fused-ring (bicyclic) bond motifs is 1. The molecule has 0 spiro atoms.